The van der Waals surface area contributed by atoms with Crippen LogP contribution in [0.15, 0.2) is 73.1 Å². The van der Waals surface area contributed by atoms with E-state index < -0.39 is 17.8 Å². The lowest BCUT2D eigenvalue weighted by Gasteiger charge is -2.33. The molecule has 1 aliphatic carbocycles. The molecule has 2 amide bonds. The number of benzene rings is 2. The normalized spacial score (nSPS) is 18.0. The molecule has 2 aromatic carbocycles. The van der Waals surface area contributed by atoms with Gasteiger partial charge in [-0.05, 0) is 49.2 Å². The predicted molar refractivity (Wildman–Crippen MR) is 127 cm³/mol. The van der Waals surface area contributed by atoms with E-state index in [0.717, 1.165) is 36.9 Å². The molecule has 0 N–H and O–H groups in total. The number of carbonyl (C=O) groups excluding carboxylic acids is 2. The lowest BCUT2D eigenvalue weighted by molar-refractivity contribution is -0.125. The van der Waals surface area contributed by atoms with E-state index >= 15 is 0 Å². The van der Waals surface area contributed by atoms with Crippen molar-refractivity contribution in [2.45, 2.75) is 44.2 Å². The van der Waals surface area contributed by atoms with Gasteiger partial charge in [-0.2, -0.15) is 0 Å². The summed E-state index contributed by atoms with van der Waals surface area (Å²) in [6, 6.07) is 16.0. The van der Waals surface area contributed by atoms with Gasteiger partial charge in [0.15, 0.2) is 6.61 Å². The van der Waals surface area contributed by atoms with Crippen molar-refractivity contribution in [1.29, 1.82) is 0 Å². The summed E-state index contributed by atoms with van der Waals surface area (Å²) in [5, 5.41) is 0. The van der Waals surface area contributed by atoms with Crippen LogP contribution in [-0.4, -0.2) is 29.4 Å². The fraction of sp³-hybridized carbons (Fsp3) is 0.296. The minimum atomic E-state index is -0.884. The summed E-state index contributed by atoms with van der Waals surface area (Å²) >= 11 is 0. The molecule has 1 aliphatic heterocycles. The third kappa shape index (κ3) is 4.25. The summed E-state index contributed by atoms with van der Waals surface area (Å²) in [5.74, 6) is -0.636. The monoisotopic (exact) mass is 459 g/mol. The van der Waals surface area contributed by atoms with Crippen molar-refractivity contribution in [3.05, 3.63) is 84.4 Å². The number of ether oxygens (including phenoxy) is 1. The molecule has 2 aliphatic rings. The van der Waals surface area contributed by atoms with Gasteiger partial charge in [-0.3, -0.25) is 19.5 Å². The summed E-state index contributed by atoms with van der Waals surface area (Å²) in [5.41, 5.74) is 1.89. The van der Waals surface area contributed by atoms with Gasteiger partial charge >= 0.3 is 0 Å². The average Bonchev–Trinajstić information content (AvgIpc) is 3.16. The molecule has 1 atom stereocenters. The van der Waals surface area contributed by atoms with Crippen LogP contribution in [0.5, 0.6) is 5.75 Å². The van der Waals surface area contributed by atoms with Gasteiger partial charge in [0, 0.05) is 29.2 Å². The van der Waals surface area contributed by atoms with Gasteiger partial charge in [0.05, 0.1) is 6.20 Å². The zero-order valence-corrected chi connectivity index (χ0v) is 18.8. The summed E-state index contributed by atoms with van der Waals surface area (Å²) in [6.45, 7) is -0.308. The van der Waals surface area contributed by atoms with Crippen molar-refractivity contribution in [3.63, 3.8) is 0 Å². The Morgan fingerprint density at radius 1 is 1.06 bits per heavy atom. The number of aromatic nitrogens is 1. The Kier molecular flexibility index (Phi) is 6.25. The number of hydrogen-bond donors (Lipinski definition) is 0. The Morgan fingerprint density at radius 3 is 2.65 bits per heavy atom. The number of para-hydroxylation sites is 1. The third-order valence-corrected chi connectivity index (χ3v) is 6.51. The van der Waals surface area contributed by atoms with E-state index in [-0.39, 0.29) is 18.6 Å². The molecule has 7 heteroatoms. The average molecular weight is 460 g/mol. The molecular weight excluding hydrogens is 433 g/mol. The number of pyridine rings is 1. The maximum Gasteiger partial charge on any atom is 0.265 e. The second-order valence-electron chi connectivity index (χ2n) is 8.68. The van der Waals surface area contributed by atoms with Crippen molar-refractivity contribution in [1.82, 2.24) is 4.98 Å². The van der Waals surface area contributed by atoms with Crippen LogP contribution in [0.4, 0.5) is 15.8 Å². The highest BCUT2D eigenvalue weighted by Crippen LogP contribution is 2.44. The predicted octanol–water partition coefficient (Wildman–Crippen LogP) is 5.05. The van der Waals surface area contributed by atoms with E-state index in [2.05, 4.69) is 4.98 Å². The number of halogens is 1. The van der Waals surface area contributed by atoms with Gasteiger partial charge in [0.1, 0.15) is 17.6 Å². The zero-order chi connectivity index (χ0) is 23.5. The maximum atomic E-state index is 14.2. The molecule has 1 fully saturated rings. The molecule has 0 bridgehead atoms. The topological polar surface area (TPSA) is 62.7 Å². The number of hydrogen-bond acceptors (Lipinski definition) is 4. The lowest BCUT2D eigenvalue weighted by atomic mass is 9.94. The van der Waals surface area contributed by atoms with Gasteiger partial charge in [-0.25, -0.2) is 4.39 Å². The first-order valence-corrected chi connectivity index (χ1v) is 11.7. The van der Waals surface area contributed by atoms with E-state index in [9.17, 15) is 14.0 Å². The van der Waals surface area contributed by atoms with E-state index in [1.165, 1.54) is 35.7 Å². The number of rotatable bonds is 6. The minimum absolute atomic E-state index is 0.100. The second-order valence-corrected chi connectivity index (χ2v) is 8.68. The van der Waals surface area contributed by atoms with E-state index in [4.69, 9.17) is 4.74 Å². The number of anilines is 2. The van der Waals surface area contributed by atoms with Gasteiger partial charge in [0.25, 0.3) is 11.8 Å². The second kappa shape index (κ2) is 9.63. The molecule has 1 unspecified atom stereocenters. The largest absolute Gasteiger partial charge is 0.482 e. The van der Waals surface area contributed by atoms with Crippen LogP contribution in [0.3, 0.4) is 0 Å². The molecule has 3 aromatic rings. The van der Waals surface area contributed by atoms with E-state index in [1.54, 1.807) is 24.4 Å². The van der Waals surface area contributed by atoms with Crippen molar-refractivity contribution in [3.8, 4) is 5.75 Å². The molecule has 34 heavy (non-hydrogen) atoms. The van der Waals surface area contributed by atoms with Crippen molar-refractivity contribution < 1.29 is 18.7 Å². The fourth-order valence-electron chi connectivity index (χ4n) is 5.00. The molecule has 0 saturated heterocycles. The third-order valence-electron chi connectivity index (χ3n) is 6.51. The summed E-state index contributed by atoms with van der Waals surface area (Å²) in [6.07, 6.45) is 8.32. The number of nitrogens with zero attached hydrogens (tertiary/aromatic N) is 3. The van der Waals surface area contributed by atoms with Crippen LogP contribution in [0.25, 0.3) is 0 Å². The molecular formula is C27H26FN3O3. The molecule has 174 valence electrons. The summed E-state index contributed by atoms with van der Waals surface area (Å²) in [4.78, 5) is 34.7. The van der Waals surface area contributed by atoms with Crippen molar-refractivity contribution >= 4 is 23.2 Å². The van der Waals surface area contributed by atoms with Crippen LogP contribution in [-0.2, 0) is 9.59 Å². The highest BCUT2D eigenvalue weighted by atomic mass is 19.1. The summed E-state index contributed by atoms with van der Waals surface area (Å²) in [7, 11) is 0. The Bertz CT molecular complexity index is 1180. The highest BCUT2D eigenvalue weighted by Gasteiger charge is 2.45. The molecule has 1 aromatic heterocycles. The first-order chi connectivity index (χ1) is 16.6. The smallest absolute Gasteiger partial charge is 0.265 e. The fourth-order valence-corrected chi connectivity index (χ4v) is 5.00. The van der Waals surface area contributed by atoms with Crippen LogP contribution in [0.1, 0.15) is 43.7 Å². The van der Waals surface area contributed by atoms with Gasteiger partial charge in [-0.1, -0.05) is 43.5 Å². The van der Waals surface area contributed by atoms with Gasteiger partial charge in [-0.15, -0.1) is 0 Å². The van der Waals surface area contributed by atoms with Crippen LogP contribution < -0.4 is 14.5 Å². The lowest BCUT2D eigenvalue weighted by Crippen LogP contribution is -2.46. The molecule has 1 saturated carbocycles. The maximum absolute atomic E-state index is 14.2. The zero-order valence-electron chi connectivity index (χ0n) is 18.8. The Morgan fingerprint density at radius 2 is 1.88 bits per heavy atom. The molecule has 0 radical (unpaired) electrons. The first kappa shape index (κ1) is 22.1. The van der Waals surface area contributed by atoms with Crippen LogP contribution >= 0.6 is 0 Å². The van der Waals surface area contributed by atoms with E-state index in [0.29, 0.717) is 11.4 Å². The highest BCUT2D eigenvalue weighted by molar-refractivity contribution is 6.12. The minimum Gasteiger partial charge on any atom is -0.482 e. The molecule has 0 spiro atoms. The Balaban J connectivity index is 1.52. The van der Waals surface area contributed by atoms with E-state index in [1.807, 2.05) is 29.2 Å². The first-order valence-electron chi connectivity index (χ1n) is 11.7. The quantitative estimate of drug-likeness (QED) is 0.517. The number of fused-ring (bicyclic) bond motifs is 1. The SMILES string of the molecule is O=C1C(N(C(=O)COc2cccnc2)c2cccc(F)c2)c2ccccc2N1C1CCCCC1. The van der Waals surface area contributed by atoms with Gasteiger partial charge in [0.2, 0.25) is 0 Å². The summed E-state index contributed by atoms with van der Waals surface area (Å²) < 4.78 is 19.9. The molecule has 2 heterocycles. The number of amides is 2. The standard InChI is InChI=1S/C27H26FN3O3/c28-19-8-6-11-21(16-19)31(25(32)18-34-22-12-7-15-29-17-22)26-23-13-4-5-14-24(23)30(27(26)33)20-9-2-1-3-10-20/h4-8,11-17,20,26H,1-3,9-10,18H2. The molecule has 5 rings (SSSR count). The van der Waals surface area contributed by atoms with Gasteiger partial charge < -0.3 is 9.64 Å². The Hall–Kier alpha value is -3.74. The van der Waals surface area contributed by atoms with Crippen LogP contribution in [0.2, 0.25) is 0 Å². The van der Waals surface area contributed by atoms with Crippen molar-refractivity contribution in [2.24, 2.45) is 0 Å². The van der Waals surface area contributed by atoms with Crippen LogP contribution in [0, 0.1) is 5.82 Å². The molecule has 6 nitrogen and oxygen atoms in total. The number of carbonyl (C=O) groups is 2. The Labute approximate surface area is 198 Å². The van der Waals surface area contributed by atoms with Crippen molar-refractivity contribution in [2.75, 3.05) is 16.4 Å².